The Morgan fingerprint density at radius 3 is 2.19 bits per heavy atom. The van der Waals surface area contributed by atoms with Crippen molar-refractivity contribution in [3.05, 3.63) is 60.6 Å². The predicted molar refractivity (Wildman–Crippen MR) is 107 cm³/mol. The summed E-state index contributed by atoms with van der Waals surface area (Å²) in [4.78, 5) is 24.8. The zero-order valence-corrected chi connectivity index (χ0v) is 15.5. The second kappa shape index (κ2) is 8.27. The molecule has 1 aromatic carbocycles. The average molecular weight is 362 g/mol. The van der Waals surface area contributed by atoms with Crippen LogP contribution < -0.4 is 16.0 Å². The number of rotatable bonds is 6. The molecule has 0 atom stereocenters. The van der Waals surface area contributed by atoms with Crippen LogP contribution in [0.15, 0.2) is 54.7 Å². The molecule has 0 aliphatic carbocycles. The van der Waals surface area contributed by atoms with E-state index in [9.17, 15) is 4.79 Å². The highest BCUT2D eigenvalue weighted by Gasteiger charge is 2.07. The summed E-state index contributed by atoms with van der Waals surface area (Å²) >= 11 is 0. The summed E-state index contributed by atoms with van der Waals surface area (Å²) in [6.45, 7) is 5.55. The third-order valence-electron chi connectivity index (χ3n) is 3.71. The van der Waals surface area contributed by atoms with Gasteiger partial charge in [0.2, 0.25) is 5.91 Å². The van der Waals surface area contributed by atoms with Gasteiger partial charge in [0.15, 0.2) is 0 Å². The van der Waals surface area contributed by atoms with Crippen LogP contribution in [0.5, 0.6) is 0 Å². The number of nitrogens with one attached hydrogen (secondary N) is 3. The Hall–Kier alpha value is -3.48. The molecule has 3 N–H and O–H groups in total. The Balaban J connectivity index is 1.71. The third kappa shape index (κ3) is 5.24. The molecule has 0 aliphatic rings. The minimum Gasteiger partial charge on any atom is -0.340 e. The number of benzene rings is 1. The summed E-state index contributed by atoms with van der Waals surface area (Å²) in [5, 5.41) is 9.28. The lowest BCUT2D eigenvalue weighted by molar-refractivity contribution is -0.118. The predicted octanol–water partition coefficient (Wildman–Crippen LogP) is 4.26. The molecule has 27 heavy (non-hydrogen) atoms. The normalized spacial score (nSPS) is 10.5. The first-order valence-electron chi connectivity index (χ1n) is 8.71. The van der Waals surface area contributed by atoms with E-state index in [-0.39, 0.29) is 11.8 Å². The Morgan fingerprint density at radius 2 is 1.56 bits per heavy atom. The Morgan fingerprint density at radius 1 is 0.889 bits per heavy atom. The molecule has 3 rings (SSSR count). The number of aromatic nitrogens is 3. The second-order valence-electron chi connectivity index (χ2n) is 6.37. The van der Waals surface area contributed by atoms with Crippen LogP contribution >= 0.6 is 0 Å². The van der Waals surface area contributed by atoms with Gasteiger partial charge in [-0.2, -0.15) is 0 Å². The number of aryl methyl sites for hydroxylation is 1. The summed E-state index contributed by atoms with van der Waals surface area (Å²) in [5.74, 6) is 2.61. The Labute approximate surface area is 158 Å². The molecule has 2 heterocycles. The molecule has 7 nitrogen and oxygen atoms in total. The number of carbonyl (C=O) groups is 1. The largest absolute Gasteiger partial charge is 0.340 e. The SMILES string of the molecule is Cc1nc(Nc2ccc(NC(=O)C(C)C)cc2)cc(Nc2ccccn2)n1. The molecule has 0 bridgehead atoms. The number of carbonyl (C=O) groups excluding carboxylic acids is 1. The van der Waals surface area contributed by atoms with Gasteiger partial charge in [0.25, 0.3) is 0 Å². The number of anilines is 5. The van der Waals surface area contributed by atoms with E-state index in [4.69, 9.17) is 0 Å². The molecular weight excluding hydrogens is 340 g/mol. The van der Waals surface area contributed by atoms with Gasteiger partial charge in [0.1, 0.15) is 23.3 Å². The van der Waals surface area contributed by atoms with Crippen LogP contribution in [-0.4, -0.2) is 20.9 Å². The number of amides is 1. The van der Waals surface area contributed by atoms with Gasteiger partial charge in [-0.05, 0) is 43.3 Å². The maximum absolute atomic E-state index is 11.8. The topological polar surface area (TPSA) is 91.8 Å². The van der Waals surface area contributed by atoms with E-state index >= 15 is 0 Å². The molecule has 0 fully saturated rings. The maximum atomic E-state index is 11.8. The fourth-order valence-corrected chi connectivity index (χ4v) is 2.34. The van der Waals surface area contributed by atoms with Crippen LogP contribution in [0.4, 0.5) is 28.8 Å². The monoisotopic (exact) mass is 362 g/mol. The van der Waals surface area contributed by atoms with Crippen molar-refractivity contribution in [1.29, 1.82) is 0 Å². The molecule has 0 saturated heterocycles. The van der Waals surface area contributed by atoms with Crippen LogP contribution in [-0.2, 0) is 4.79 Å². The van der Waals surface area contributed by atoms with Gasteiger partial charge in [0.05, 0.1) is 0 Å². The van der Waals surface area contributed by atoms with Crippen LogP contribution in [0.3, 0.4) is 0 Å². The van der Waals surface area contributed by atoms with Gasteiger partial charge in [-0.3, -0.25) is 4.79 Å². The van der Waals surface area contributed by atoms with E-state index in [1.54, 1.807) is 6.20 Å². The zero-order chi connectivity index (χ0) is 19.2. The first-order chi connectivity index (χ1) is 13.0. The summed E-state index contributed by atoms with van der Waals surface area (Å²) in [5.41, 5.74) is 1.62. The molecule has 3 aromatic rings. The Kier molecular flexibility index (Phi) is 5.61. The molecule has 0 spiro atoms. The van der Waals surface area contributed by atoms with Gasteiger partial charge in [-0.1, -0.05) is 19.9 Å². The molecule has 0 unspecified atom stereocenters. The minimum atomic E-state index is -0.0585. The van der Waals surface area contributed by atoms with Crippen molar-refractivity contribution in [3.8, 4) is 0 Å². The fraction of sp³-hybridized carbons (Fsp3) is 0.200. The van der Waals surface area contributed by atoms with Crippen LogP contribution in [0.25, 0.3) is 0 Å². The molecule has 1 amide bonds. The molecule has 0 radical (unpaired) electrons. The Bertz CT molecular complexity index is 910. The lowest BCUT2D eigenvalue weighted by atomic mass is 10.2. The van der Waals surface area contributed by atoms with E-state index in [1.807, 2.05) is 69.3 Å². The average Bonchev–Trinajstić information content (AvgIpc) is 2.63. The van der Waals surface area contributed by atoms with E-state index in [1.165, 1.54) is 0 Å². The van der Waals surface area contributed by atoms with Crippen molar-refractivity contribution in [1.82, 2.24) is 15.0 Å². The van der Waals surface area contributed by atoms with Crippen molar-refractivity contribution in [2.24, 2.45) is 5.92 Å². The van der Waals surface area contributed by atoms with Gasteiger partial charge >= 0.3 is 0 Å². The van der Waals surface area contributed by atoms with Gasteiger partial charge in [-0.25, -0.2) is 15.0 Å². The molecule has 0 saturated carbocycles. The highest BCUT2D eigenvalue weighted by atomic mass is 16.1. The molecular formula is C20H22N6O. The highest BCUT2D eigenvalue weighted by Crippen LogP contribution is 2.21. The van der Waals surface area contributed by atoms with Crippen LogP contribution in [0, 0.1) is 12.8 Å². The summed E-state index contributed by atoms with van der Waals surface area (Å²) in [6, 6.07) is 14.9. The smallest absolute Gasteiger partial charge is 0.226 e. The van der Waals surface area contributed by atoms with Gasteiger partial charge in [-0.15, -0.1) is 0 Å². The molecule has 2 aromatic heterocycles. The van der Waals surface area contributed by atoms with Crippen molar-refractivity contribution < 1.29 is 4.79 Å². The summed E-state index contributed by atoms with van der Waals surface area (Å²) in [6.07, 6.45) is 1.72. The lowest BCUT2D eigenvalue weighted by Gasteiger charge is -2.11. The lowest BCUT2D eigenvalue weighted by Crippen LogP contribution is -2.17. The maximum Gasteiger partial charge on any atom is 0.226 e. The quantitative estimate of drug-likeness (QED) is 0.607. The molecule has 0 aliphatic heterocycles. The highest BCUT2D eigenvalue weighted by molar-refractivity contribution is 5.92. The number of pyridine rings is 1. The van der Waals surface area contributed by atoms with E-state index in [0.717, 1.165) is 11.4 Å². The number of nitrogens with zero attached hydrogens (tertiary/aromatic N) is 3. The number of hydrogen-bond donors (Lipinski definition) is 3. The number of hydrogen-bond acceptors (Lipinski definition) is 6. The van der Waals surface area contributed by atoms with E-state index in [2.05, 4.69) is 30.9 Å². The summed E-state index contributed by atoms with van der Waals surface area (Å²) < 4.78 is 0. The summed E-state index contributed by atoms with van der Waals surface area (Å²) in [7, 11) is 0. The fourth-order valence-electron chi connectivity index (χ4n) is 2.34. The van der Waals surface area contributed by atoms with Crippen molar-refractivity contribution in [2.75, 3.05) is 16.0 Å². The van der Waals surface area contributed by atoms with Crippen molar-refractivity contribution >= 4 is 34.7 Å². The van der Waals surface area contributed by atoms with Gasteiger partial charge < -0.3 is 16.0 Å². The van der Waals surface area contributed by atoms with Crippen LogP contribution in [0.1, 0.15) is 19.7 Å². The molecule has 7 heteroatoms. The first kappa shape index (κ1) is 18.3. The first-order valence-corrected chi connectivity index (χ1v) is 8.71. The van der Waals surface area contributed by atoms with Crippen LogP contribution in [0.2, 0.25) is 0 Å². The standard InChI is InChI=1S/C20H22N6O/c1-13(2)20(27)25-16-9-7-15(8-10-16)24-18-12-19(23-14(3)22-18)26-17-6-4-5-11-21-17/h4-13H,1-3H3,(H,25,27)(H2,21,22,23,24,26). The van der Waals surface area contributed by atoms with Gasteiger partial charge in [0, 0.05) is 29.6 Å². The van der Waals surface area contributed by atoms with E-state index < -0.39 is 0 Å². The third-order valence-corrected chi connectivity index (χ3v) is 3.71. The second-order valence-corrected chi connectivity index (χ2v) is 6.37. The molecule has 138 valence electrons. The zero-order valence-electron chi connectivity index (χ0n) is 15.5. The van der Waals surface area contributed by atoms with Crippen molar-refractivity contribution in [2.45, 2.75) is 20.8 Å². The van der Waals surface area contributed by atoms with E-state index in [0.29, 0.717) is 23.3 Å². The van der Waals surface area contributed by atoms with Crippen molar-refractivity contribution in [3.63, 3.8) is 0 Å². The minimum absolute atomic E-state index is 0.00706.